The normalized spacial score (nSPS) is 10.9. The van der Waals surface area contributed by atoms with Gasteiger partial charge in [0, 0.05) is 11.5 Å². The Hall–Kier alpha value is -1.95. The molecule has 0 fully saturated rings. The molecule has 0 saturated heterocycles. The summed E-state index contributed by atoms with van der Waals surface area (Å²) in [6, 6.07) is 7.96. The minimum absolute atomic E-state index is 0.797. The lowest BCUT2D eigenvalue weighted by molar-refractivity contribution is 0.876. The van der Waals surface area contributed by atoms with Gasteiger partial charge >= 0.3 is 0 Å². The number of fused-ring (bicyclic) bond motifs is 1. The summed E-state index contributed by atoms with van der Waals surface area (Å²) in [5.41, 5.74) is 2.68. The maximum absolute atomic E-state index is 4.56. The Bertz CT molecular complexity index is 733. The average molecular weight is 318 g/mol. The minimum Gasteiger partial charge on any atom is -0.372 e. The Kier molecular flexibility index (Phi) is 2.94. The van der Waals surface area contributed by atoms with E-state index in [0.717, 1.165) is 32.7 Å². The van der Waals surface area contributed by atoms with E-state index in [4.69, 9.17) is 0 Å². The molecule has 1 N–H and O–H groups in total. The molecule has 96 valence electrons. The number of rotatable bonds is 2. The Morgan fingerprint density at radius 1 is 1.16 bits per heavy atom. The molecule has 0 aliphatic rings. The van der Waals surface area contributed by atoms with Crippen LogP contribution >= 0.6 is 15.9 Å². The molecule has 3 aromatic rings. The van der Waals surface area contributed by atoms with E-state index in [-0.39, 0.29) is 0 Å². The fourth-order valence-corrected chi connectivity index (χ4v) is 2.33. The molecule has 3 rings (SSSR count). The van der Waals surface area contributed by atoms with E-state index in [1.807, 2.05) is 42.9 Å². The molecule has 6 heteroatoms. The molecule has 5 nitrogen and oxygen atoms in total. The molecule has 0 aliphatic carbocycles. The first-order valence-corrected chi connectivity index (χ1v) is 6.64. The van der Waals surface area contributed by atoms with E-state index in [0.29, 0.717) is 0 Å². The zero-order valence-electron chi connectivity index (χ0n) is 10.6. The molecular formula is C13H12BrN5. The smallest absolute Gasteiger partial charge is 0.168 e. The van der Waals surface area contributed by atoms with E-state index < -0.39 is 0 Å². The molecule has 0 unspecified atom stereocenters. The predicted octanol–water partition coefficient (Wildman–Crippen LogP) is 2.93. The first-order chi connectivity index (χ1) is 9.20. The van der Waals surface area contributed by atoms with Gasteiger partial charge in [0.2, 0.25) is 0 Å². The summed E-state index contributed by atoms with van der Waals surface area (Å²) in [7, 11) is 1.85. The first-order valence-electron chi connectivity index (χ1n) is 5.84. The maximum atomic E-state index is 4.56. The molecule has 2 aromatic heterocycles. The molecule has 19 heavy (non-hydrogen) atoms. The number of aryl methyl sites for hydroxylation is 1. The molecule has 0 saturated carbocycles. The van der Waals surface area contributed by atoms with Gasteiger partial charge < -0.3 is 5.32 Å². The number of benzene rings is 1. The van der Waals surface area contributed by atoms with Crippen molar-refractivity contribution in [3.8, 4) is 5.69 Å². The number of hydrogen-bond donors (Lipinski definition) is 1. The number of nitrogens with zero attached hydrogens (tertiary/aromatic N) is 4. The van der Waals surface area contributed by atoms with Crippen molar-refractivity contribution >= 4 is 32.8 Å². The lowest BCUT2D eigenvalue weighted by atomic mass is 10.3. The van der Waals surface area contributed by atoms with Crippen molar-refractivity contribution in [1.82, 2.24) is 19.7 Å². The third kappa shape index (κ3) is 1.98. The number of hydrogen-bond acceptors (Lipinski definition) is 4. The second kappa shape index (κ2) is 4.62. The lowest BCUT2D eigenvalue weighted by Gasteiger charge is -2.03. The monoisotopic (exact) mass is 317 g/mol. The SMILES string of the molecule is CNc1ncnc2c1c(C)nn2-c1ccc(Br)cc1. The van der Waals surface area contributed by atoms with Gasteiger partial charge in [-0.15, -0.1) is 0 Å². The van der Waals surface area contributed by atoms with Crippen LogP contribution in [0.3, 0.4) is 0 Å². The standard InChI is InChI=1S/C13H12BrN5/c1-8-11-12(15-2)16-7-17-13(11)19(18-8)10-5-3-9(14)4-6-10/h3-7H,1-2H3,(H,15,16,17). The van der Waals surface area contributed by atoms with Crippen LogP contribution in [0.25, 0.3) is 16.7 Å². The van der Waals surface area contributed by atoms with Gasteiger partial charge in [0.05, 0.1) is 16.8 Å². The van der Waals surface area contributed by atoms with Crippen molar-refractivity contribution < 1.29 is 0 Å². The summed E-state index contributed by atoms with van der Waals surface area (Å²) < 4.78 is 2.87. The van der Waals surface area contributed by atoms with Gasteiger partial charge in [0.25, 0.3) is 0 Å². The Morgan fingerprint density at radius 2 is 1.89 bits per heavy atom. The van der Waals surface area contributed by atoms with Crippen molar-refractivity contribution in [3.05, 3.63) is 40.8 Å². The van der Waals surface area contributed by atoms with Crippen molar-refractivity contribution in [2.75, 3.05) is 12.4 Å². The summed E-state index contributed by atoms with van der Waals surface area (Å²) in [6.07, 6.45) is 1.55. The van der Waals surface area contributed by atoms with Crippen LogP contribution in [-0.2, 0) is 0 Å². The Balaban J connectivity index is 2.28. The molecule has 2 heterocycles. The fraction of sp³-hybridized carbons (Fsp3) is 0.154. The summed E-state index contributed by atoms with van der Waals surface area (Å²) in [5, 5.41) is 8.58. The zero-order valence-corrected chi connectivity index (χ0v) is 12.1. The van der Waals surface area contributed by atoms with Crippen LogP contribution in [0.15, 0.2) is 35.1 Å². The van der Waals surface area contributed by atoms with E-state index in [9.17, 15) is 0 Å². The molecule has 0 radical (unpaired) electrons. The largest absolute Gasteiger partial charge is 0.372 e. The summed E-state index contributed by atoms with van der Waals surface area (Å²) in [6.45, 7) is 1.96. The molecule has 0 atom stereocenters. The highest BCUT2D eigenvalue weighted by Crippen LogP contribution is 2.25. The van der Waals surface area contributed by atoms with Crippen LogP contribution in [0, 0.1) is 6.92 Å². The summed E-state index contributed by atoms with van der Waals surface area (Å²) >= 11 is 3.43. The average Bonchev–Trinajstić information content (AvgIpc) is 2.77. The van der Waals surface area contributed by atoms with Gasteiger partial charge in [-0.25, -0.2) is 14.6 Å². The second-order valence-corrected chi connectivity index (χ2v) is 5.06. The summed E-state index contributed by atoms with van der Waals surface area (Å²) in [4.78, 5) is 8.57. The highest BCUT2D eigenvalue weighted by Gasteiger charge is 2.14. The Morgan fingerprint density at radius 3 is 2.58 bits per heavy atom. The van der Waals surface area contributed by atoms with Gasteiger partial charge in [-0.1, -0.05) is 15.9 Å². The third-order valence-corrected chi connectivity index (χ3v) is 3.48. The van der Waals surface area contributed by atoms with Crippen LogP contribution in [0.5, 0.6) is 0 Å². The highest BCUT2D eigenvalue weighted by atomic mass is 79.9. The molecule has 1 aromatic carbocycles. The van der Waals surface area contributed by atoms with Crippen LogP contribution < -0.4 is 5.32 Å². The van der Waals surface area contributed by atoms with Gasteiger partial charge in [-0.2, -0.15) is 5.10 Å². The fourth-order valence-electron chi connectivity index (χ4n) is 2.07. The van der Waals surface area contributed by atoms with E-state index in [2.05, 4.69) is 36.3 Å². The van der Waals surface area contributed by atoms with Gasteiger partial charge in [-0.3, -0.25) is 0 Å². The van der Waals surface area contributed by atoms with Gasteiger partial charge in [-0.05, 0) is 31.2 Å². The number of anilines is 1. The van der Waals surface area contributed by atoms with Crippen molar-refractivity contribution in [3.63, 3.8) is 0 Å². The van der Waals surface area contributed by atoms with Crippen molar-refractivity contribution in [2.45, 2.75) is 6.92 Å². The molecule has 0 spiro atoms. The van der Waals surface area contributed by atoms with Crippen molar-refractivity contribution in [1.29, 1.82) is 0 Å². The Labute approximate surface area is 118 Å². The van der Waals surface area contributed by atoms with E-state index in [1.165, 1.54) is 0 Å². The quantitative estimate of drug-likeness (QED) is 0.789. The highest BCUT2D eigenvalue weighted by molar-refractivity contribution is 9.10. The molecule has 0 aliphatic heterocycles. The third-order valence-electron chi connectivity index (χ3n) is 2.95. The van der Waals surface area contributed by atoms with Crippen LogP contribution in [0.1, 0.15) is 5.69 Å². The molecular weight excluding hydrogens is 306 g/mol. The topological polar surface area (TPSA) is 55.6 Å². The van der Waals surface area contributed by atoms with E-state index in [1.54, 1.807) is 6.33 Å². The maximum Gasteiger partial charge on any atom is 0.168 e. The lowest BCUT2D eigenvalue weighted by Crippen LogP contribution is -1.99. The van der Waals surface area contributed by atoms with E-state index >= 15 is 0 Å². The minimum atomic E-state index is 0.797. The number of halogens is 1. The molecule has 0 bridgehead atoms. The summed E-state index contributed by atoms with van der Waals surface area (Å²) in [5.74, 6) is 0.797. The second-order valence-electron chi connectivity index (χ2n) is 4.14. The van der Waals surface area contributed by atoms with Crippen LogP contribution in [0.4, 0.5) is 5.82 Å². The first kappa shape index (κ1) is 12.1. The van der Waals surface area contributed by atoms with Gasteiger partial charge in [0.1, 0.15) is 12.1 Å². The van der Waals surface area contributed by atoms with Crippen LogP contribution in [-0.4, -0.2) is 26.8 Å². The van der Waals surface area contributed by atoms with Crippen molar-refractivity contribution in [2.24, 2.45) is 0 Å². The molecule has 0 amide bonds. The van der Waals surface area contributed by atoms with Gasteiger partial charge in [0.15, 0.2) is 5.65 Å². The zero-order chi connectivity index (χ0) is 13.4. The van der Waals surface area contributed by atoms with Crippen LogP contribution in [0.2, 0.25) is 0 Å². The number of nitrogens with one attached hydrogen (secondary N) is 1. The number of aromatic nitrogens is 4. The predicted molar refractivity (Wildman–Crippen MR) is 78.6 cm³/mol.